The number of fused-ring (bicyclic) bond motifs is 7. The van der Waals surface area contributed by atoms with E-state index in [1.54, 1.807) is 0 Å². The van der Waals surface area contributed by atoms with E-state index in [4.69, 9.17) is 23.7 Å². The van der Waals surface area contributed by atoms with Crippen LogP contribution in [-0.4, -0.2) is 184 Å². The SMILES string of the molecule is CC1(C)CCC2(C(=O)O)CCC3(C)C(=CCC4C5(C)CCC(OC6OC(C(=O)O)C(O)(C7OC(CO)C(O)C(O)C7O)C(O)C6OC6OC(CO)C(O)C(O)C6O)C(C)(C)C5CCC43C)C2C1. The second kappa shape index (κ2) is 17.4. The lowest BCUT2D eigenvalue weighted by Gasteiger charge is -2.71. The lowest BCUT2D eigenvalue weighted by molar-refractivity contribution is -0.404. The van der Waals surface area contributed by atoms with Crippen molar-refractivity contribution in [1.82, 2.24) is 0 Å². The highest BCUT2D eigenvalue weighted by Gasteiger charge is 2.71. The molecule has 3 saturated heterocycles. The van der Waals surface area contributed by atoms with Gasteiger partial charge in [-0.25, -0.2) is 4.79 Å². The molecule has 19 heteroatoms. The second-order valence-corrected chi connectivity index (χ2v) is 23.8. The third-order valence-electron chi connectivity index (χ3n) is 19.8. The molecule has 0 aromatic carbocycles. The minimum atomic E-state index is -3.24. The van der Waals surface area contributed by atoms with Crippen LogP contribution in [0.25, 0.3) is 0 Å². The molecule has 23 atom stereocenters. The first kappa shape index (κ1) is 51.4. The summed E-state index contributed by atoms with van der Waals surface area (Å²) < 4.78 is 30.1. The number of allylic oxidation sites excluding steroid dienone is 2. The van der Waals surface area contributed by atoms with Gasteiger partial charge in [-0.1, -0.05) is 60.1 Å². The molecule has 3 aliphatic heterocycles. The van der Waals surface area contributed by atoms with Crippen molar-refractivity contribution in [3.05, 3.63) is 11.6 Å². The number of carbonyl (C=O) groups is 2. The molecule has 4 saturated carbocycles. The van der Waals surface area contributed by atoms with Crippen LogP contribution >= 0.6 is 0 Å². The zero-order valence-electron chi connectivity index (χ0n) is 39.7. The van der Waals surface area contributed by atoms with E-state index in [1.807, 2.05) is 0 Å². The first-order valence-corrected chi connectivity index (χ1v) is 24.3. The highest BCUT2D eigenvalue weighted by Crippen LogP contribution is 2.76. The lowest BCUT2D eigenvalue weighted by atomic mass is 9.33. The van der Waals surface area contributed by atoms with Crippen molar-refractivity contribution in [3.8, 4) is 0 Å². The average molecular weight is 957 g/mol. The zero-order valence-corrected chi connectivity index (χ0v) is 39.7. The number of aliphatic carboxylic acids is 2. The van der Waals surface area contributed by atoms with E-state index in [9.17, 15) is 70.9 Å². The predicted octanol–water partition coefficient (Wildman–Crippen LogP) is 0.187. The third-order valence-corrected chi connectivity index (χ3v) is 19.8. The van der Waals surface area contributed by atoms with Gasteiger partial charge in [0, 0.05) is 0 Å². The number of carboxylic acids is 2. The molecule has 0 spiro atoms. The summed E-state index contributed by atoms with van der Waals surface area (Å²) in [4.78, 5) is 26.3. The van der Waals surface area contributed by atoms with Crippen molar-refractivity contribution in [3.63, 3.8) is 0 Å². The number of aliphatic hydroxyl groups excluding tert-OH is 9. The number of hydrogen-bond donors (Lipinski definition) is 12. The van der Waals surface area contributed by atoms with Crippen molar-refractivity contribution in [2.75, 3.05) is 13.2 Å². The van der Waals surface area contributed by atoms with Crippen LogP contribution in [0.15, 0.2) is 11.6 Å². The first-order chi connectivity index (χ1) is 31.1. The molecule has 23 unspecified atom stereocenters. The summed E-state index contributed by atoms with van der Waals surface area (Å²) >= 11 is 0. The monoisotopic (exact) mass is 956 g/mol. The highest BCUT2D eigenvalue weighted by molar-refractivity contribution is 5.77. The summed E-state index contributed by atoms with van der Waals surface area (Å²) in [5.74, 6) is -2.37. The molecule has 3 heterocycles. The number of ether oxygens (including phenoxy) is 5. The van der Waals surface area contributed by atoms with Crippen LogP contribution in [0.5, 0.6) is 0 Å². The number of rotatable bonds is 9. The van der Waals surface area contributed by atoms with E-state index >= 15 is 0 Å². The summed E-state index contributed by atoms with van der Waals surface area (Å²) in [6, 6.07) is 0. The Hall–Kier alpha value is -1.92. The van der Waals surface area contributed by atoms with Crippen LogP contribution in [0.1, 0.15) is 113 Å². The van der Waals surface area contributed by atoms with Crippen LogP contribution in [0.3, 0.4) is 0 Å². The smallest absolute Gasteiger partial charge is 0.336 e. The van der Waals surface area contributed by atoms with Crippen molar-refractivity contribution in [2.45, 2.75) is 210 Å². The minimum Gasteiger partial charge on any atom is -0.481 e. The predicted molar refractivity (Wildman–Crippen MR) is 231 cm³/mol. The van der Waals surface area contributed by atoms with Gasteiger partial charge >= 0.3 is 11.9 Å². The van der Waals surface area contributed by atoms with E-state index < -0.39 is 134 Å². The van der Waals surface area contributed by atoms with Crippen LogP contribution in [0.2, 0.25) is 0 Å². The summed E-state index contributed by atoms with van der Waals surface area (Å²) in [7, 11) is 0. The van der Waals surface area contributed by atoms with Gasteiger partial charge in [0.05, 0.1) is 24.7 Å². The van der Waals surface area contributed by atoms with E-state index in [0.29, 0.717) is 25.7 Å². The highest BCUT2D eigenvalue weighted by atomic mass is 16.8. The van der Waals surface area contributed by atoms with Crippen LogP contribution in [-0.2, 0) is 33.3 Å². The zero-order chi connectivity index (χ0) is 49.4. The molecule has 12 N–H and O–H groups in total. The molecule has 8 rings (SSSR count). The van der Waals surface area contributed by atoms with E-state index in [2.05, 4.69) is 54.5 Å². The quantitative estimate of drug-likeness (QED) is 0.108. The maximum Gasteiger partial charge on any atom is 0.336 e. The van der Waals surface area contributed by atoms with Gasteiger partial charge in [-0.15, -0.1) is 0 Å². The maximum absolute atomic E-state index is 13.2. The lowest BCUT2D eigenvalue weighted by Crippen LogP contribution is -2.78. The molecular weight excluding hydrogens is 881 g/mol. The van der Waals surface area contributed by atoms with Crippen LogP contribution in [0, 0.1) is 50.2 Å². The summed E-state index contributed by atoms with van der Waals surface area (Å²) in [6.45, 7) is 13.9. The fourth-order valence-electron chi connectivity index (χ4n) is 15.5. The third kappa shape index (κ3) is 7.53. The van der Waals surface area contributed by atoms with E-state index in [1.165, 1.54) is 5.57 Å². The standard InChI is InChI=1S/C48H76O19/c1-42(2)14-16-47(41(60)61)17-15-45(6)21(22(47)18-42)8-9-26-44(5)12-11-27(43(3,4)25(44)10-13-46(26,45)7)65-40-34(66-39-33(56)31(54)29(52)24(20-50)64-39)35(57)48(62,37(67-40)38(58)59)36-32(55)30(53)28(51)23(19-49)63-36/h8,22-37,39-40,49-57,62H,9-20H2,1-7H3,(H,58,59)(H,60,61). The molecule has 0 radical (unpaired) electrons. The summed E-state index contributed by atoms with van der Waals surface area (Å²) in [6.07, 6.45) is -19.4. The molecule has 7 fully saturated rings. The Labute approximate surface area is 391 Å². The van der Waals surface area contributed by atoms with Gasteiger partial charge in [0.25, 0.3) is 0 Å². The molecule has 5 aliphatic carbocycles. The Morgan fingerprint density at radius 1 is 0.687 bits per heavy atom. The number of aliphatic hydroxyl groups is 10. The van der Waals surface area contributed by atoms with Gasteiger partial charge in [0.2, 0.25) is 0 Å². The van der Waals surface area contributed by atoms with Gasteiger partial charge in [-0.3, -0.25) is 4.79 Å². The minimum absolute atomic E-state index is 0.0188. The second-order valence-electron chi connectivity index (χ2n) is 23.8. The summed E-state index contributed by atoms with van der Waals surface area (Å²) in [5, 5.41) is 131. The Kier molecular flexibility index (Phi) is 13.4. The van der Waals surface area contributed by atoms with Crippen molar-refractivity contribution in [1.29, 1.82) is 0 Å². The van der Waals surface area contributed by atoms with Crippen LogP contribution < -0.4 is 0 Å². The van der Waals surface area contributed by atoms with Gasteiger partial charge in [0.1, 0.15) is 67.1 Å². The molecule has 0 aromatic rings. The van der Waals surface area contributed by atoms with Gasteiger partial charge in [0.15, 0.2) is 24.3 Å². The van der Waals surface area contributed by atoms with Crippen molar-refractivity contribution < 1.29 is 94.6 Å². The Bertz CT molecular complexity index is 1910. The molecule has 382 valence electrons. The Balaban J connectivity index is 1.12. The van der Waals surface area contributed by atoms with Crippen LogP contribution in [0.4, 0.5) is 0 Å². The average Bonchev–Trinajstić information content (AvgIpc) is 3.26. The maximum atomic E-state index is 13.2. The molecular formula is C48H76O19. The van der Waals surface area contributed by atoms with E-state index in [0.717, 1.165) is 38.5 Å². The molecule has 67 heavy (non-hydrogen) atoms. The molecule has 0 bridgehead atoms. The fourth-order valence-corrected chi connectivity index (χ4v) is 15.5. The van der Waals surface area contributed by atoms with Gasteiger partial charge in [-0.05, 0) is 109 Å². The van der Waals surface area contributed by atoms with Gasteiger partial charge < -0.3 is 85.0 Å². The molecule has 0 aromatic heterocycles. The fraction of sp³-hybridized carbons (Fsp3) is 0.917. The normalized spacial score (nSPS) is 53.8. The first-order valence-electron chi connectivity index (χ1n) is 24.3. The topological polar surface area (TPSA) is 323 Å². The largest absolute Gasteiger partial charge is 0.481 e. The van der Waals surface area contributed by atoms with Gasteiger partial charge in [-0.2, -0.15) is 0 Å². The Morgan fingerprint density at radius 3 is 1.91 bits per heavy atom. The summed E-state index contributed by atoms with van der Waals surface area (Å²) in [5.41, 5.74) is -4.01. The Morgan fingerprint density at radius 2 is 1.30 bits per heavy atom. The van der Waals surface area contributed by atoms with Crippen molar-refractivity contribution >= 4 is 11.9 Å². The molecule has 19 nitrogen and oxygen atoms in total. The molecule has 0 amide bonds. The van der Waals surface area contributed by atoms with Crippen molar-refractivity contribution in [2.24, 2.45) is 50.2 Å². The number of hydrogen-bond acceptors (Lipinski definition) is 17. The van der Waals surface area contributed by atoms with E-state index in [-0.39, 0.29) is 39.4 Å². The molecule has 8 aliphatic rings. The number of carboxylic acid groups (broad SMARTS) is 2.